The molecule has 0 aromatic rings. The molecule has 4 unspecified atom stereocenters. The summed E-state index contributed by atoms with van der Waals surface area (Å²) in [7, 11) is -9.94. The number of esters is 4. The fourth-order valence-corrected chi connectivity index (χ4v) is 16.7. The fourth-order valence-electron chi connectivity index (χ4n) is 15.1. The van der Waals surface area contributed by atoms with Crippen LogP contribution in [0.15, 0.2) is 0 Å². The molecular weight excluding hydrogens is 1490 g/mol. The Hall–Kier alpha value is -1.94. The van der Waals surface area contributed by atoms with Crippen LogP contribution in [0.2, 0.25) is 0 Å². The molecule has 17 nitrogen and oxygen atoms in total. The summed E-state index contributed by atoms with van der Waals surface area (Å²) in [6.07, 6.45) is 83.4. The fraction of sp³-hybridized carbons (Fsp3) is 0.958. The van der Waals surface area contributed by atoms with Crippen molar-refractivity contribution >= 4 is 39.5 Å². The number of ether oxygens (including phenoxy) is 4. The van der Waals surface area contributed by atoms with Crippen LogP contribution in [0.25, 0.3) is 0 Å². The Morgan fingerprint density at radius 2 is 0.417 bits per heavy atom. The minimum absolute atomic E-state index is 0.109. The SMILES string of the molecule is CCCCCCCCCCCCCCCCCCCCCCC(=O)O[C@H](COC(=O)CCCCCCCCCCCCC)COP(=O)(O)OC[C@H](O)COP(=O)(O)OC[C@@H](COC(=O)CCCCCCCCCCCCCCCCCCCCC(C)CC)OC(=O)CCCCCCCCCCCCCCCCCCCCC(C)CC. The predicted molar refractivity (Wildman–Crippen MR) is 478 cm³/mol. The number of phosphoric ester groups is 2. The van der Waals surface area contributed by atoms with E-state index in [1.807, 2.05) is 0 Å². The van der Waals surface area contributed by atoms with Crippen LogP contribution >= 0.6 is 15.6 Å². The second kappa shape index (κ2) is 87.0. The molecule has 0 heterocycles. The van der Waals surface area contributed by atoms with Gasteiger partial charge in [0.15, 0.2) is 12.2 Å². The molecule has 19 heteroatoms. The van der Waals surface area contributed by atoms with E-state index < -0.39 is 97.5 Å². The van der Waals surface area contributed by atoms with Gasteiger partial charge in [0.1, 0.15) is 19.3 Å². The molecule has 0 radical (unpaired) electrons. The van der Waals surface area contributed by atoms with Crippen LogP contribution < -0.4 is 0 Å². The van der Waals surface area contributed by atoms with Gasteiger partial charge in [-0.2, -0.15) is 0 Å². The molecule has 0 saturated heterocycles. The lowest BCUT2D eigenvalue weighted by molar-refractivity contribution is -0.161. The maximum atomic E-state index is 13.2. The van der Waals surface area contributed by atoms with Gasteiger partial charge in [-0.25, -0.2) is 9.13 Å². The first-order chi connectivity index (χ1) is 55.9. The van der Waals surface area contributed by atoms with E-state index in [4.69, 9.17) is 37.0 Å². The largest absolute Gasteiger partial charge is 0.472 e. The normalized spacial score (nSPS) is 14.1. The number of phosphoric acid groups is 2. The summed E-state index contributed by atoms with van der Waals surface area (Å²) in [6.45, 7) is 9.87. The molecule has 0 aromatic heterocycles. The Morgan fingerprint density at radius 1 is 0.243 bits per heavy atom. The Labute approximate surface area is 708 Å². The van der Waals surface area contributed by atoms with Crippen LogP contribution in [-0.2, 0) is 65.4 Å². The monoisotopic (exact) mass is 1680 g/mol. The van der Waals surface area contributed by atoms with Gasteiger partial charge in [0, 0.05) is 25.7 Å². The van der Waals surface area contributed by atoms with Crippen molar-refractivity contribution in [1.29, 1.82) is 0 Å². The summed E-state index contributed by atoms with van der Waals surface area (Å²) < 4.78 is 69.2. The quantitative estimate of drug-likeness (QED) is 0.0222. The second-order valence-corrected chi connectivity index (χ2v) is 37.9. The molecular formula is C96H188O17P2. The van der Waals surface area contributed by atoms with E-state index in [2.05, 4.69) is 41.5 Å². The average Bonchev–Trinajstić information content (AvgIpc) is 1.02. The first-order valence-electron chi connectivity index (χ1n) is 49.6. The van der Waals surface area contributed by atoms with Gasteiger partial charge in [-0.05, 0) is 37.5 Å². The Balaban J connectivity index is 5.22. The molecule has 0 aliphatic heterocycles. The molecule has 0 saturated carbocycles. The van der Waals surface area contributed by atoms with E-state index in [9.17, 15) is 43.2 Å². The van der Waals surface area contributed by atoms with Crippen molar-refractivity contribution in [2.45, 2.75) is 541 Å². The first-order valence-corrected chi connectivity index (χ1v) is 52.6. The first kappa shape index (κ1) is 113. The van der Waals surface area contributed by atoms with E-state index in [-0.39, 0.29) is 25.7 Å². The van der Waals surface area contributed by atoms with E-state index in [0.717, 1.165) is 102 Å². The Kier molecular flexibility index (Phi) is 85.5. The summed E-state index contributed by atoms with van der Waals surface area (Å²) >= 11 is 0. The van der Waals surface area contributed by atoms with Crippen molar-refractivity contribution in [2.75, 3.05) is 39.6 Å². The van der Waals surface area contributed by atoms with Crippen molar-refractivity contribution in [3.63, 3.8) is 0 Å². The van der Waals surface area contributed by atoms with Crippen molar-refractivity contribution in [3.8, 4) is 0 Å². The standard InChI is InChI=1S/C96H188O17P2/c1-7-11-13-15-17-19-21-22-23-24-25-26-34-39-44-50-56-62-68-74-80-95(100)112-91(84-106-93(98)78-72-66-60-54-46-20-18-16-14-12-8-2)86-110-114(102,103)108-82-90(97)83-109-115(104,105)111-87-92(113-96(101)81-75-69-63-57-51-45-40-35-30-28-32-37-42-48-53-59-65-71-77-89(6)10-4)85-107-94(99)79-73-67-61-55-49-43-38-33-29-27-31-36-41-47-52-58-64-70-76-88(5)9-3/h88-92,97H,7-87H2,1-6H3,(H,102,103)(H,104,105)/t88?,89?,90-,91+,92+/m0/s1. The molecule has 0 bridgehead atoms. The highest BCUT2D eigenvalue weighted by Gasteiger charge is 2.31. The van der Waals surface area contributed by atoms with Crippen molar-refractivity contribution in [1.82, 2.24) is 0 Å². The van der Waals surface area contributed by atoms with Crippen LogP contribution in [0.5, 0.6) is 0 Å². The molecule has 7 atom stereocenters. The highest BCUT2D eigenvalue weighted by atomic mass is 31.2. The molecule has 0 fully saturated rings. The summed E-state index contributed by atoms with van der Waals surface area (Å²) in [5, 5.41) is 10.7. The van der Waals surface area contributed by atoms with Crippen LogP contribution in [-0.4, -0.2) is 96.7 Å². The molecule has 0 aromatic carbocycles. The van der Waals surface area contributed by atoms with Gasteiger partial charge < -0.3 is 33.8 Å². The van der Waals surface area contributed by atoms with E-state index >= 15 is 0 Å². The summed E-state index contributed by atoms with van der Waals surface area (Å²) in [5.41, 5.74) is 0. The predicted octanol–water partition coefficient (Wildman–Crippen LogP) is 30.1. The maximum Gasteiger partial charge on any atom is 0.472 e. The smallest absolute Gasteiger partial charge is 0.462 e. The van der Waals surface area contributed by atoms with Crippen LogP contribution in [0, 0.1) is 11.8 Å². The summed E-state index contributed by atoms with van der Waals surface area (Å²) in [6, 6.07) is 0. The number of carbonyl (C=O) groups is 4. The van der Waals surface area contributed by atoms with Gasteiger partial charge in [-0.15, -0.1) is 0 Å². The summed E-state index contributed by atoms with van der Waals surface area (Å²) in [5.74, 6) is -0.345. The molecule has 0 rings (SSSR count). The number of hydrogen-bond donors (Lipinski definition) is 3. The third kappa shape index (κ3) is 86.8. The number of unbranched alkanes of at least 4 members (excludes halogenated alkanes) is 63. The number of aliphatic hydroxyl groups excluding tert-OH is 1. The third-order valence-electron chi connectivity index (χ3n) is 23.4. The van der Waals surface area contributed by atoms with Gasteiger partial charge in [0.2, 0.25) is 0 Å². The minimum atomic E-state index is -4.97. The number of carbonyl (C=O) groups excluding carboxylic acids is 4. The number of rotatable bonds is 95. The molecule has 0 aliphatic rings. The summed E-state index contributed by atoms with van der Waals surface area (Å²) in [4.78, 5) is 73.6. The van der Waals surface area contributed by atoms with Crippen LogP contribution in [0.4, 0.5) is 0 Å². The highest BCUT2D eigenvalue weighted by molar-refractivity contribution is 7.47. The highest BCUT2D eigenvalue weighted by Crippen LogP contribution is 2.45. The van der Waals surface area contributed by atoms with E-state index in [1.165, 1.54) is 340 Å². The molecule has 0 amide bonds. The zero-order valence-corrected chi connectivity index (χ0v) is 77.9. The molecule has 0 spiro atoms. The average molecular weight is 1680 g/mol. The second-order valence-electron chi connectivity index (χ2n) is 34.9. The van der Waals surface area contributed by atoms with Gasteiger partial charge in [0.05, 0.1) is 26.4 Å². The molecule has 0 aliphatic carbocycles. The Bertz CT molecular complexity index is 2190. The maximum absolute atomic E-state index is 13.2. The number of aliphatic hydroxyl groups is 1. The minimum Gasteiger partial charge on any atom is -0.462 e. The third-order valence-corrected chi connectivity index (χ3v) is 25.3. The van der Waals surface area contributed by atoms with Gasteiger partial charge in [-0.3, -0.25) is 37.3 Å². The van der Waals surface area contributed by atoms with Crippen molar-refractivity contribution in [2.24, 2.45) is 11.8 Å². The topological polar surface area (TPSA) is 237 Å². The lowest BCUT2D eigenvalue weighted by Crippen LogP contribution is -2.30. The number of hydrogen-bond acceptors (Lipinski definition) is 15. The molecule has 115 heavy (non-hydrogen) atoms. The zero-order valence-electron chi connectivity index (χ0n) is 76.1. The van der Waals surface area contributed by atoms with Gasteiger partial charge in [0.25, 0.3) is 0 Å². The van der Waals surface area contributed by atoms with Crippen molar-refractivity contribution in [3.05, 3.63) is 0 Å². The van der Waals surface area contributed by atoms with E-state index in [1.54, 1.807) is 0 Å². The Morgan fingerprint density at radius 3 is 0.617 bits per heavy atom. The van der Waals surface area contributed by atoms with Gasteiger partial charge in [-0.1, -0.05) is 472 Å². The van der Waals surface area contributed by atoms with Gasteiger partial charge >= 0.3 is 39.5 Å². The lowest BCUT2D eigenvalue weighted by atomic mass is 9.99. The van der Waals surface area contributed by atoms with Crippen LogP contribution in [0.3, 0.4) is 0 Å². The van der Waals surface area contributed by atoms with E-state index in [0.29, 0.717) is 25.7 Å². The molecule has 684 valence electrons. The molecule has 3 N–H and O–H groups in total. The lowest BCUT2D eigenvalue weighted by Gasteiger charge is -2.21. The van der Waals surface area contributed by atoms with Crippen molar-refractivity contribution < 1.29 is 80.2 Å². The van der Waals surface area contributed by atoms with Crippen LogP contribution in [0.1, 0.15) is 523 Å². The zero-order chi connectivity index (χ0) is 84.1.